The molecule has 1 aromatic carbocycles. The molecule has 4 atom stereocenters. The smallest absolute Gasteiger partial charge is 0.312 e. The van der Waals surface area contributed by atoms with Crippen molar-refractivity contribution in [2.75, 3.05) is 27.3 Å². The maximum atomic E-state index is 14.1. The van der Waals surface area contributed by atoms with Gasteiger partial charge in [-0.2, -0.15) is 0 Å². The molecule has 2 unspecified atom stereocenters. The quantitative estimate of drug-likeness (QED) is 0.498. The molecular formula is C26H36N2O7. The number of rotatable bonds is 10. The third-order valence-electron chi connectivity index (χ3n) is 7.12. The normalized spacial score (nSPS) is 23.4. The lowest BCUT2D eigenvalue weighted by Crippen LogP contribution is -2.58. The summed E-state index contributed by atoms with van der Waals surface area (Å²) in [6.45, 7) is 4.07. The number of benzene rings is 1. The Bertz CT molecular complexity index is 926. The minimum absolute atomic E-state index is 0.0792. The van der Waals surface area contributed by atoms with Crippen LogP contribution in [0, 0.1) is 5.92 Å². The number of likely N-dealkylation sites (tertiary alicyclic amines) is 1. The van der Waals surface area contributed by atoms with Crippen LogP contribution in [-0.4, -0.2) is 73.5 Å². The van der Waals surface area contributed by atoms with E-state index in [1.165, 1.54) is 14.0 Å². The van der Waals surface area contributed by atoms with E-state index in [1.54, 1.807) is 18.9 Å². The number of carbonyl (C=O) groups is 4. The van der Waals surface area contributed by atoms with Gasteiger partial charge in [-0.1, -0.05) is 12.1 Å². The monoisotopic (exact) mass is 488 g/mol. The zero-order valence-corrected chi connectivity index (χ0v) is 21.0. The Balaban J connectivity index is 1.95. The summed E-state index contributed by atoms with van der Waals surface area (Å²) in [5.74, 6) is -1.75. The SMILES string of the molecule is COC(=O)[C@@H](CC(=O)C1(Cc2ccc(OC)cc2)CCCN1C(=O)C1CCCN1)[C@@H](C)OC(C)=O. The number of Topliss-reactive ketones (excluding diaryl/α,β-unsaturated/α-hetero) is 1. The molecule has 1 aromatic rings. The van der Waals surface area contributed by atoms with Crippen molar-refractivity contribution >= 4 is 23.6 Å². The predicted octanol–water partition coefficient (Wildman–Crippen LogP) is 2.05. The van der Waals surface area contributed by atoms with Crippen molar-refractivity contribution in [1.82, 2.24) is 10.2 Å². The molecule has 2 fully saturated rings. The number of hydrogen-bond acceptors (Lipinski definition) is 8. The highest BCUT2D eigenvalue weighted by Crippen LogP contribution is 2.37. The van der Waals surface area contributed by atoms with Crippen LogP contribution in [0.15, 0.2) is 24.3 Å². The number of nitrogens with zero attached hydrogens (tertiary/aromatic N) is 1. The van der Waals surface area contributed by atoms with E-state index in [0.29, 0.717) is 31.6 Å². The van der Waals surface area contributed by atoms with E-state index in [-0.39, 0.29) is 24.2 Å². The Morgan fingerprint density at radius 2 is 1.86 bits per heavy atom. The fourth-order valence-electron chi connectivity index (χ4n) is 5.26. The predicted molar refractivity (Wildman–Crippen MR) is 128 cm³/mol. The summed E-state index contributed by atoms with van der Waals surface area (Å²) in [5.41, 5.74) is -0.209. The lowest BCUT2D eigenvalue weighted by Gasteiger charge is -2.40. The van der Waals surface area contributed by atoms with Gasteiger partial charge < -0.3 is 24.4 Å². The third kappa shape index (κ3) is 6.01. The molecule has 0 saturated carbocycles. The second kappa shape index (κ2) is 11.7. The number of amides is 1. The molecule has 2 heterocycles. The molecule has 1 N–H and O–H groups in total. The highest BCUT2D eigenvalue weighted by atomic mass is 16.6. The third-order valence-corrected chi connectivity index (χ3v) is 7.12. The summed E-state index contributed by atoms with van der Waals surface area (Å²) in [4.78, 5) is 53.4. The zero-order valence-electron chi connectivity index (χ0n) is 21.0. The molecule has 2 aliphatic heterocycles. The molecule has 1 amide bonds. The van der Waals surface area contributed by atoms with Crippen molar-refractivity contribution < 1.29 is 33.4 Å². The molecule has 2 saturated heterocycles. The first kappa shape index (κ1) is 26.7. The van der Waals surface area contributed by atoms with E-state index < -0.39 is 29.5 Å². The molecular weight excluding hydrogens is 452 g/mol. The van der Waals surface area contributed by atoms with Gasteiger partial charge in [-0.3, -0.25) is 19.2 Å². The molecule has 9 nitrogen and oxygen atoms in total. The Kier molecular flexibility index (Phi) is 8.88. The fourth-order valence-corrected chi connectivity index (χ4v) is 5.26. The van der Waals surface area contributed by atoms with Crippen LogP contribution in [0.4, 0.5) is 0 Å². The average Bonchev–Trinajstić information content (AvgIpc) is 3.52. The van der Waals surface area contributed by atoms with E-state index in [1.807, 2.05) is 24.3 Å². The lowest BCUT2D eigenvalue weighted by atomic mass is 9.79. The maximum absolute atomic E-state index is 14.1. The summed E-state index contributed by atoms with van der Waals surface area (Å²) in [7, 11) is 2.83. The number of ether oxygens (including phenoxy) is 3. The average molecular weight is 489 g/mol. The highest BCUT2D eigenvalue weighted by molar-refractivity contribution is 5.97. The van der Waals surface area contributed by atoms with Gasteiger partial charge in [0.25, 0.3) is 0 Å². The molecule has 3 rings (SSSR count). The van der Waals surface area contributed by atoms with Crippen molar-refractivity contribution in [3.05, 3.63) is 29.8 Å². The lowest BCUT2D eigenvalue weighted by molar-refractivity contribution is -0.160. The molecule has 0 bridgehead atoms. The van der Waals surface area contributed by atoms with E-state index in [9.17, 15) is 19.2 Å². The van der Waals surface area contributed by atoms with Gasteiger partial charge in [0.1, 0.15) is 23.3 Å². The molecule has 0 aliphatic carbocycles. The van der Waals surface area contributed by atoms with Crippen molar-refractivity contribution in [2.24, 2.45) is 5.92 Å². The number of nitrogens with one attached hydrogen (secondary N) is 1. The van der Waals surface area contributed by atoms with Crippen molar-refractivity contribution in [3.63, 3.8) is 0 Å². The summed E-state index contributed by atoms with van der Waals surface area (Å²) < 4.78 is 15.4. The van der Waals surface area contributed by atoms with Crippen molar-refractivity contribution in [1.29, 1.82) is 0 Å². The van der Waals surface area contributed by atoms with Crippen LogP contribution in [-0.2, 0) is 35.1 Å². The number of esters is 2. The number of carbonyl (C=O) groups excluding carboxylic acids is 4. The van der Waals surface area contributed by atoms with E-state index in [4.69, 9.17) is 14.2 Å². The largest absolute Gasteiger partial charge is 0.497 e. The Labute approximate surface area is 206 Å². The van der Waals surface area contributed by atoms with Crippen LogP contribution in [0.3, 0.4) is 0 Å². The first-order valence-corrected chi connectivity index (χ1v) is 12.2. The first-order chi connectivity index (χ1) is 16.7. The van der Waals surface area contributed by atoms with Gasteiger partial charge in [-0.15, -0.1) is 0 Å². The van der Waals surface area contributed by atoms with Crippen molar-refractivity contribution in [2.45, 2.75) is 70.1 Å². The number of hydrogen-bond donors (Lipinski definition) is 1. The van der Waals surface area contributed by atoms with Crippen LogP contribution in [0.1, 0.15) is 51.5 Å². The molecule has 0 aromatic heterocycles. The molecule has 0 radical (unpaired) electrons. The molecule has 2 aliphatic rings. The van der Waals surface area contributed by atoms with Gasteiger partial charge in [0, 0.05) is 26.3 Å². The van der Waals surface area contributed by atoms with Gasteiger partial charge in [-0.05, 0) is 56.8 Å². The summed E-state index contributed by atoms with van der Waals surface area (Å²) in [6.07, 6.45) is 2.10. The molecule has 9 heteroatoms. The molecule has 35 heavy (non-hydrogen) atoms. The van der Waals surface area contributed by atoms with Crippen LogP contribution >= 0.6 is 0 Å². The minimum atomic E-state index is -1.10. The standard InChI is InChI=1S/C26H36N2O7/c1-17(35-18(2)29)21(25(32)34-4)15-23(30)26(16-19-8-10-20(33-3)11-9-19)12-6-14-28(26)24(31)22-7-5-13-27-22/h8-11,17,21-22,27H,5-7,12-16H2,1-4H3/t17-,21+,22?,26?/m1/s1. The van der Waals surface area contributed by atoms with Crippen LogP contribution in [0.25, 0.3) is 0 Å². The van der Waals surface area contributed by atoms with E-state index >= 15 is 0 Å². The Morgan fingerprint density at radius 1 is 1.14 bits per heavy atom. The number of ketones is 1. The number of methoxy groups -OCH3 is 2. The van der Waals surface area contributed by atoms with Gasteiger partial charge in [0.2, 0.25) is 5.91 Å². The van der Waals surface area contributed by atoms with Gasteiger partial charge in [0.15, 0.2) is 5.78 Å². The Morgan fingerprint density at radius 3 is 2.43 bits per heavy atom. The van der Waals surface area contributed by atoms with Gasteiger partial charge >= 0.3 is 11.9 Å². The van der Waals surface area contributed by atoms with Crippen LogP contribution in [0.5, 0.6) is 5.75 Å². The van der Waals surface area contributed by atoms with Gasteiger partial charge in [0.05, 0.1) is 20.3 Å². The maximum Gasteiger partial charge on any atom is 0.312 e. The second-order valence-corrected chi connectivity index (χ2v) is 9.37. The summed E-state index contributed by atoms with van der Waals surface area (Å²) >= 11 is 0. The summed E-state index contributed by atoms with van der Waals surface area (Å²) in [6, 6.07) is 7.12. The molecule has 192 valence electrons. The summed E-state index contributed by atoms with van der Waals surface area (Å²) in [5, 5.41) is 3.25. The highest BCUT2D eigenvalue weighted by Gasteiger charge is 2.51. The topological polar surface area (TPSA) is 111 Å². The Hall–Kier alpha value is -2.94. The fraction of sp³-hybridized carbons (Fsp3) is 0.615. The zero-order chi connectivity index (χ0) is 25.6. The van der Waals surface area contributed by atoms with Gasteiger partial charge in [-0.25, -0.2) is 0 Å². The van der Waals surface area contributed by atoms with Crippen molar-refractivity contribution in [3.8, 4) is 5.75 Å². The first-order valence-electron chi connectivity index (χ1n) is 12.2. The minimum Gasteiger partial charge on any atom is -0.497 e. The van der Waals surface area contributed by atoms with Crippen LogP contribution in [0.2, 0.25) is 0 Å². The van der Waals surface area contributed by atoms with E-state index in [2.05, 4.69) is 5.32 Å². The second-order valence-electron chi connectivity index (χ2n) is 9.37. The van der Waals surface area contributed by atoms with Crippen LogP contribution < -0.4 is 10.1 Å². The van der Waals surface area contributed by atoms with E-state index in [0.717, 1.165) is 24.9 Å². The molecule has 0 spiro atoms.